The summed E-state index contributed by atoms with van der Waals surface area (Å²) in [7, 11) is 5.04. The Hall–Kier alpha value is -2.40. The molecule has 1 aliphatic rings. The van der Waals surface area contributed by atoms with Gasteiger partial charge in [0, 0.05) is 31.0 Å². The molecule has 1 aliphatic carbocycles. The quantitative estimate of drug-likeness (QED) is 0.396. The Balaban J connectivity index is 2.49. The van der Waals surface area contributed by atoms with Gasteiger partial charge in [-0.15, -0.1) is 11.3 Å². The molecule has 1 aromatic heterocycles. The molecule has 0 saturated heterocycles. The topological polar surface area (TPSA) is 92.0 Å². The van der Waals surface area contributed by atoms with Crippen molar-refractivity contribution in [2.45, 2.75) is 63.9 Å². The maximum absolute atomic E-state index is 13.0. The number of esters is 2. The number of aryl methyl sites for hydroxylation is 1. The Kier molecular flexibility index (Phi) is 7.06. The number of hydrogen-bond acceptors (Lipinski definition) is 7. The molecule has 1 atom stereocenters. The number of carbonyl (C=O) groups is 2. The van der Waals surface area contributed by atoms with E-state index in [4.69, 9.17) is 9.47 Å². The highest BCUT2D eigenvalue weighted by atomic mass is 32.1. The summed E-state index contributed by atoms with van der Waals surface area (Å²) in [5, 5.41) is 10.5. The van der Waals surface area contributed by atoms with Gasteiger partial charge in [0.25, 0.3) is 0 Å². The average Bonchev–Trinajstić information content (AvgIpc) is 3.01. The van der Waals surface area contributed by atoms with Crippen LogP contribution in [0.5, 0.6) is 0 Å². The van der Waals surface area contributed by atoms with Gasteiger partial charge < -0.3 is 14.4 Å². The SMILES string of the molecule is COC(=O)C1(CCC(=O)OC(C)(C)C)CCCc2sc(/N=C/N(C)C)c(C#N)c21. The number of thiophene rings is 1. The molecule has 0 radical (unpaired) electrons. The summed E-state index contributed by atoms with van der Waals surface area (Å²) >= 11 is 1.43. The summed E-state index contributed by atoms with van der Waals surface area (Å²) in [6.45, 7) is 5.42. The molecule has 0 aromatic carbocycles. The minimum Gasteiger partial charge on any atom is -0.468 e. The number of aliphatic imine (C=N–C) groups is 1. The van der Waals surface area contributed by atoms with Crippen molar-refractivity contribution in [2.24, 2.45) is 4.99 Å². The summed E-state index contributed by atoms with van der Waals surface area (Å²) in [6.07, 6.45) is 4.03. The van der Waals surface area contributed by atoms with Gasteiger partial charge in [0.1, 0.15) is 16.7 Å². The second-order valence-electron chi connectivity index (χ2n) is 8.41. The first kappa shape index (κ1) is 22.9. The third-order valence-electron chi connectivity index (χ3n) is 4.72. The number of hydrogen-bond donors (Lipinski definition) is 0. The molecule has 0 saturated carbocycles. The molecule has 1 unspecified atom stereocenters. The molecule has 29 heavy (non-hydrogen) atoms. The van der Waals surface area contributed by atoms with Gasteiger partial charge in [-0.3, -0.25) is 9.59 Å². The second-order valence-corrected chi connectivity index (χ2v) is 9.50. The van der Waals surface area contributed by atoms with E-state index in [0.29, 0.717) is 22.5 Å². The van der Waals surface area contributed by atoms with Gasteiger partial charge in [-0.25, -0.2) is 4.99 Å². The fraction of sp³-hybridized carbons (Fsp3) is 0.619. The first-order chi connectivity index (χ1) is 13.5. The van der Waals surface area contributed by atoms with Gasteiger partial charge in [-0.05, 0) is 46.5 Å². The molecule has 0 amide bonds. The number of nitriles is 1. The van der Waals surface area contributed by atoms with Gasteiger partial charge in [0.2, 0.25) is 0 Å². The minimum atomic E-state index is -1.04. The Labute approximate surface area is 176 Å². The van der Waals surface area contributed by atoms with Crippen LogP contribution in [0.1, 0.15) is 62.5 Å². The molecule has 1 aromatic rings. The van der Waals surface area contributed by atoms with Gasteiger partial charge in [0.15, 0.2) is 0 Å². The lowest BCUT2D eigenvalue weighted by Crippen LogP contribution is -2.41. The molecule has 8 heteroatoms. The van der Waals surface area contributed by atoms with Crippen LogP contribution in [-0.2, 0) is 30.9 Å². The predicted octanol–water partition coefficient (Wildman–Crippen LogP) is 3.71. The molecule has 1 heterocycles. The van der Waals surface area contributed by atoms with Crippen molar-refractivity contribution in [1.82, 2.24) is 4.90 Å². The van der Waals surface area contributed by atoms with Crippen LogP contribution < -0.4 is 0 Å². The van der Waals surface area contributed by atoms with E-state index < -0.39 is 17.0 Å². The number of nitrogens with zero attached hydrogens (tertiary/aromatic N) is 3. The smallest absolute Gasteiger partial charge is 0.316 e. The summed E-state index contributed by atoms with van der Waals surface area (Å²) in [6, 6.07) is 2.24. The molecular weight excluding hydrogens is 390 g/mol. The average molecular weight is 420 g/mol. The third kappa shape index (κ3) is 5.15. The van der Waals surface area contributed by atoms with Crippen LogP contribution >= 0.6 is 11.3 Å². The molecule has 0 aliphatic heterocycles. The van der Waals surface area contributed by atoms with Crippen molar-refractivity contribution in [3.63, 3.8) is 0 Å². The Morgan fingerprint density at radius 1 is 1.38 bits per heavy atom. The lowest BCUT2D eigenvalue weighted by molar-refractivity contribution is -0.156. The Morgan fingerprint density at radius 3 is 2.62 bits per heavy atom. The monoisotopic (exact) mass is 419 g/mol. The van der Waals surface area contributed by atoms with Crippen LogP contribution in [0.3, 0.4) is 0 Å². The summed E-state index contributed by atoms with van der Waals surface area (Å²) in [5.41, 5.74) is -0.552. The maximum atomic E-state index is 13.0. The van der Waals surface area contributed by atoms with Crippen molar-refractivity contribution >= 4 is 34.6 Å². The molecule has 158 valence electrons. The highest BCUT2D eigenvalue weighted by Gasteiger charge is 2.48. The number of fused-ring (bicyclic) bond motifs is 1. The van der Waals surface area contributed by atoms with Crippen LogP contribution in [0.2, 0.25) is 0 Å². The molecule has 0 N–H and O–H groups in total. The van der Waals surface area contributed by atoms with E-state index in [9.17, 15) is 14.9 Å². The molecule has 0 spiro atoms. The largest absolute Gasteiger partial charge is 0.468 e. The zero-order valence-electron chi connectivity index (χ0n) is 18.0. The fourth-order valence-electron chi connectivity index (χ4n) is 3.65. The summed E-state index contributed by atoms with van der Waals surface area (Å²) < 4.78 is 10.6. The number of ether oxygens (including phenoxy) is 2. The standard InChI is InChI=1S/C21H29N3O4S/c1-20(2,3)28-16(25)9-11-21(19(26)27-6)10-7-8-15-17(21)14(12-22)18(29-15)23-13-24(4)5/h13H,7-11H2,1-6H3/b23-13+. The van der Waals surface area contributed by atoms with Crippen molar-refractivity contribution in [2.75, 3.05) is 21.2 Å². The lowest BCUT2D eigenvalue weighted by atomic mass is 9.68. The van der Waals surface area contributed by atoms with E-state index in [1.54, 1.807) is 32.0 Å². The van der Waals surface area contributed by atoms with Crippen molar-refractivity contribution in [3.8, 4) is 6.07 Å². The van der Waals surface area contributed by atoms with Gasteiger partial charge in [-0.1, -0.05) is 0 Å². The van der Waals surface area contributed by atoms with Gasteiger partial charge in [0.05, 0.1) is 24.4 Å². The zero-order chi connectivity index (χ0) is 21.8. The van der Waals surface area contributed by atoms with Gasteiger partial charge >= 0.3 is 11.9 Å². The Bertz CT molecular complexity index is 845. The van der Waals surface area contributed by atoms with E-state index in [1.165, 1.54) is 18.4 Å². The van der Waals surface area contributed by atoms with E-state index in [-0.39, 0.29) is 18.8 Å². The van der Waals surface area contributed by atoms with Gasteiger partial charge in [-0.2, -0.15) is 5.26 Å². The second kappa shape index (κ2) is 8.95. The van der Waals surface area contributed by atoms with Crippen LogP contribution in [-0.4, -0.2) is 50.0 Å². The third-order valence-corrected chi connectivity index (χ3v) is 5.88. The Morgan fingerprint density at radius 2 is 2.07 bits per heavy atom. The molecule has 0 bridgehead atoms. The minimum absolute atomic E-state index is 0.0722. The van der Waals surface area contributed by atoms with Crippen LogP contribution in [0.25, 0.3) is 0 Å². The first-order valence-corrected chi connectivity index (χ1v) is 10.4. The predicted molar refractivity (Wildman–Crippen MR) is 113 cm³/mol. The molecule has 0 fully saturated rings. The summed E-state index contributed by atoms with van der Waals surface area (Å²) in [5.74, 6) is -0.785. The van der Waals surface area contributed by atoms with Crippen molar-refractivity contribution in [3.05, 3.63) is 16.0 Å². The van der Waals surface area contributed by atoms with Crippen molar-refractivity contribution < 1.29 is 19.1 Å². The number of rotatable bonds is 6. The normalized spacial score (nSPS) is 18.8. The number of carbonyl (C=O) groups excluding carboxylic acids is 2. The summed E-state index contributed by atoms with van der Waals surface area (Å²) in [4.78, 5) is 32.5. The molecular formula is C21H29N3O4S. The zero-order valence-corrected chi connectivity index (χ0v) is 18.8. The maximum Gasteiger partial charge on any atom is 0.316 e. The van der Waals surface area contributed by atoms with E-state index in [2.05, 4.69) is 11.1 Å². The highest BCUT2D eigenvalue weighted by Crippen LogP contribution is 2.50. The fourth-order valence-corrected chi connectivity index (χ4v) is 4.87. The lowest BCUT2D eigenvalue weighted by Gasteiger charge is -2.35. The van der Waals surface area contributed by atoms with E-state index >= 15 is 0 Å². The molecule has 7 nitrogen and oxygen atoms in total. The van der Waals surface area contributed by atoms with Crippen molar-refractivity contribution in [1.29, 1.82) is 5.26 Å². The van der Waals surface area contributed by atoms with E-state index in [0.717, 1.165) is 17.7 Å². The van der Waals surface area contributed by atoms with Crippen LogP contribution in [0.15, 0.2) is 4.99 Å². The van der Waals surface area contributed by atoms with Crippen LogP contribution in [0, 0.1) is 11.3 Å². The van der Waals surface area contributed by atoms with E-state index in [1.807, 2.05) is 14.1 Å². The highest BCUT2D eigenvalue weighted by molar-refractivity contribution is 7.16. The first-order valence-electron chi connectivity index (χ1n) is 9.61. The van der Waals surface area contributed by atoms with Crippen LogP contribution in [0.4, 0.5) is 5.00 Å². The molecule has 2 rings (SSSR count). The number of methoxy groups -OCH3 is 1.